The molecule has 3 rings (SSSR count). The number of aryl methyl sites for hydroxylation is 1. The lowest BCUT2D eigenvalue weighted by Gasteiger charge is -2.39. The number of likely N-dealkylation sites (tertiary alicyclic amines) is 1. The van der Waals surface area contributed by atoms with Crippen molar-refractivity contribution in [3.8, 4) is 0 Å². The number of hydrogen-bond acceptors (Lipinski definition) is 2. The summed E-state index contributed by atoms with van der Waals surface area (Å²) in [4.78, 5) is 28.8. The van der Waals surface area contributed by atoms with E-state index in [-0.39, 0.29) is 23.7 Å². The third-order valence-electron chi connectivity index (χ3n) is 4.90. The Morgan fingerprint density at radius 3 is 2.27 bits per heavy atom. The maximum absolute atomic E-state index is 12.6. The maximum Gasteiger partial charge on any atom is 0.253 e. The van der Waals surface area contributed by atoms with Crippen LogP contribution in [0.1, 0.15) is 28.8 Å². The third-order valence-corrected chi connectivity index (χ3v) is 5.12. The number of rotatable bonds is 4. The van der Waals surface area contributed by atoms with Gasteiger partial charge >= 0.3 is 0 Å². The fourth-order valence-corrected chi connectivity index (χ4v) is 3.65. The van der Waals surface area contributed by atoms with Crippen molar-refractivity contribution in [2.75, 3.05) is 23.9 Å². The van der Waals surface area contributed by atoms with Crippen LogP contribution in [0, 0.1) is 6.92 Å². The van der Waals surface area contributed by atoms with Crippen LogP contribution >= 0.6 is 11.6 Å². The number of amides is 2. The quantitative estimate of drug-likeness (QED) is 0.766. The summed E-state index contributed by atoms with van der Waals surface area (Å²) >= 11 is 5.87. The minimum absolute atomic E-state index is 0.0442. The Balaban J connectivity index is 1.73. The standard InChI is InChI=1S/C21H23ClN2O2/c1-16-7-5-6-10-19(16)24(20(25)15-22)18-11-13-23(14-12-18)21(26)17-8-3-2-4-9-17/h2-10,18H,11-15H2,1H3. The molecule has 1 fully saturated rings. The second kappa shape index (κ2) is 8.37. The van der Waals surface area contributed by atoms with Crippen molar-refractivity contribution in [2.45, 2.75) is 25.8 Å². The molecule has 1 aliphatic heterocycles. The summed E-state index contributed by atoms with van der Waals surface area (Å²) in [6.07, 6.45) is 1.49. The number of para-hydroxylation sites is 1. The normalized spacial score (nSPS) is 14.9. The van der Waals surface area contributed by atoms with Gasteiger partial charge in [0.05, 0.1) is 0 Å². The van der Waals surface area contributed by atoms with E-state index in [0.29, 0.717) is 18.7 Å². The predicted octanol–water partition coefficient (Wildman–Crippen LogP) is 3.87. The summed E-state index contributed by atoms with van der Waals surface area (Å²) in [6, 6.07) is 17.2. The first-order valence-corrected chi connectivity index (χ1v) is 9.43. The van der Waals surface area contributed by atoms with Crippen LogP contribution in [-0.4, -0.2) is 41.7 Å². The Kier molecular flexibility index (Phi) is 5.94. The highest BCUT2D eigenvalue weighted by molar-refractivity contribution is 6.29. The molecule has 1 aliphatic rings. The summed E-state index contributed by atoms with van der Waals surface area (Å²) < 4.78 is 0. The number of carbonyl (C=O) groups is 2. The van der Waals surface area contributed by atoms with Crippen molar-refractivity contribution in [1.29, 1.82) is 0 Å². The number of benzene rings is 2. The Morgan fingerprint density at radius 2 is 1.65 bits per heavy atom. The molecular formula is C21H23ClN2O2. The molecule has 0 bridgehead atoms. The minimum Gasteiger partial charge on any atom is -0.338 e. The van der Waals surface area contributed by atoms with Crippen molar-refractivity contribution in [3.63, 3.8) is 0 Å². The zero-order valence-electron chi connectivity index (χ0n) is 14.9. The van der Waals surface area contributed by atoms with E-state index in [4.69, 9.17) is 11.6 Å². The molecule has 2 amide bonds. The molecule has 0 aromatic heterocycles. The smallest absolute Gasteiger partial charge is 0.253 e. The third kappa shape index (κ3) is 3.91. The summed E-state index contributed by atoms with van der Waals surface area (Å²) in [5, 5.41) is 0. The number of alkyl halides is 1. The van der Waals surface area contributed by atoms with Crippen LogP contribution in [0.2, 0.25) is 0 Å². The fourth-order valence-electron chi connectivity index (χ4n) is 3.52. The Bertz CT molecular complexity index is 771. The average Bonchev–Trinajstić information content (AvgIpc) is 2.70. The molecule has 0 atom stereocenters. The van der Waals surface area contributed by atoms with Gasteiger partial charge in [-0.2, -0.15) is 0 Å². The molecule has 4 nitrogen and oxygen atoms in total. The van der Waals surface area contributed by atoms with Crippen LogP contribution in [0.4, 0.5) is 5.69 Å². The predicted molar refractivity (Wildman–Crippen MR) is 105 cm³/mol. The summed E-state index contributed by atoms with van der Waals surface area (Å²) in [5.74, 6) is -0.0821. The Morgan fingerprint density at radius 1 is 1.04 bits per heavy atom. The van der Waals surface area contributed by atoms with E-state index in [1.54, 1.807) is 0 Å². The molecule has 2 aromatic rings. The van der Waals surface area contributed by atoms with Gasteiger partial charge < -0.3 is 9.80 Å². The van der Waals surface area contributed by atoms with Crippen LogP contribution < -0.4 is 4.90 Å². The fraction of sp³-hybridized carbons (Fsp3) is 0.333. The van der Waals surface area contributed by atoms with E-state index in [0.717, 1.165) is 24.1 Å². The first-order valence-electron chi connectivity index (χ1n) is 8.90. The number of nitrogens with zero attached hydrogens (tertiary/aromatic N) is 2. The summed E-state index contributed by atoms with van der Waals surface area (Å²) in [6.45, 7) is 3.27. The van der Waals surface area contributed by atoms with Gasteiger partial charge in [-0.05, 0) is 43.5 Å². The number of hydrogen-bond donors (Lipinski definition) is 0. The van der Waals surface area contributed by atoms with E-state index in [1.807, 2.05) is 71.3 Å². The summed E-state index contributed by atoms with van der Waals surface area (Å²) in [7, 11) is 0. The molecule has 1 saturated heterocycles. The van der Waals surface area contributed by atoms with Crippen LogP contribution in [0.3, 0.4) is 0 Å². The molecule has 136 valence electrons. The van der Waals surface area contributed by atoms with Crippen molar-refractivity contribution in [3.05, 3.63) is 65.7 Å². The van der Waals surface area contributed by atoms with Crippen molar-refractivity contribution in [1.82, 2.24) is 4.90 Å². The van der Waals surface area contributed by atoms with Crippen LogP contribution in [-0.2, 0) is 4.79 Å². The molecule has 0 saturated carbocycles. The van der Waals surface area contributed by atoms with Gasteiger partial charge in [0.2, 0.25) is 5.91 Å². The van der Waals surface area contributed by atoms with Gasteiger partial charge in [-0.15, -0.1) is 11.6 Å². The Hall–Kier alpha value is -2.33. The van der Waals surface area contributed by atoms with E-state index < -0.39 is 0 Å². The monoisotopic (exact) mass is 370 g/mol. The van der Waals surface area contributed by atoms with Gasteiger partial charge in [0.1, 0.15) is 5.88 Å². The molecule has 26 heavy (non-hydrogen) atoms. The largest absolute Gasteiger partial charge is 0.338 e. The first kappa shape index (κ1) is 18.5. The van der Waals surface area contributed by atoms with E-state index in [2.05, 4.69) is 0 Å². The Labute approximate surface area is 159 Å². The molecular weight excluding hydrogens is 348 g/mol. The topological polar surface area (TPSA) is 40.6 Å². The van der Waals surface area contributed by atoms with Gasteiger partial charge in [0.15, 0.2) is 0 Å². The van der Waals surface area contributed by atoms with Gasteiger partial charge in [-0.3, -0.25) is 9.59 Å². The molecule has 0 unspecified atom stereocenters. The number of halogens is 1. The molecule has 5 heteroatoms. The molecule has 0 aliphatic carbocycles. The maximum atomic E-state index is 12.6. The van der Waals surface area contributed by atoms with Gasteiger partial charge in [0, 0.05) is 30.4 Å². The van der Waals surface area contributed by atoms with E-state index in [1.165, 1.54) is 0 Å². The molecule has 0 N–H and O–H groups in total. The van der Waals surface area contributed by atoms with Crippen LogP contribution in [0.15, 0.2) is 54.6 Å². The highest BCUT2D eigenvalue weighted by atomic mass is 35.5. The van der Waals surface area contributed by atoms with Gasteiger partial charge in [-0.25, -0.2) is 0 Å². The molecule has 0 radical (unpaired) electrons. The van der Waals surface area contributed by atoms with Crippen molar-refractivity contribution < 1.29 is 9.59 Å². The highest BCUT2D eigenvalue weighted by Crippen LogP contribution is 2.27. The lowest BCUT2D eigenvalue weighted by Crippen LogP contribution is -2.49. The van der Waals surface area contributed by atoms with Crippen LogP contribution in [0.5, 0.6) is 0 Å². The number of piperidine rings is 1. The second-order valence-corrected chi connectivity index (χ2v) is 6.84. The van der Waals surface area contributed by atoms with Crippen LogP contribution in [0.25, 0.3) is 0 Å². The van der Waals surface area contributed by atoms with Crippen molar-refractivity contribution in [2.24, 2.45) is 0 Å². The second-order valence-electron chi connectivity index (χ2n) is 6.57. The summed E-state index contributed by atoms with van der Waals surface area (Å²) in [5.41, 5.74) is 2.67. The zero-order chi connectivity index (χ0) is 18.5. The number of carbonyl (C=O) groups excluding carboxylic acids is 2. The van der Waals surface area contributed by atoms with Gasteiger partial charge in [0.25, 0.3) is 5.91 Å². The lowest BCUT2D eigenvalue weighted by atomic mass is 10.00. The molecule has 0 spiro atoms. The zero-order valence-corrected chi connectivity index (χ0v) is 15.7. The highest BCUT2D eigenvalue weighted by Gasteiger charge is 2.31. The van der Waals surface area contributed by atoms with Crippen molar-refractivity contribution >= 4 is 29.1 Å². The first-order chi connectivity index (χ1) is 12.6. The van der Waals surface area contributed by atoms with E-state index in [9.17, 15) is 9.59 Å². The minimum atomic E-state index is -0.0891. The SMILES string of the molecule is Cc1ccccc1N(C(=O)CCl)C1CCN(C(=O)c2ccccc2)CC1. The van der Waals surface area contributed by atoms with E-state index >= 15 is 0 Å². The number of anilines is 1. The molecule has 1 heterocycles. The lowest BCUT2D eigenvalue weighted by molar-refractivity contribution is -0.116. The average molecular weight is 371 g/mol. The molecule has 2 aromatic carbocycles. The van der Waals surface area contributed by atoms with Gasteiger partial charge in [-0.1, -0.05) is 36.4 Å².